The molecule has 0 saturated carbocycles. The molecule has 2 aromatic heterocycles. The van der Waals surface area contributed by atoms with E-state index in [1.807, 2.05) is 22.7 Å². The van der Waals surface area contributed by atoms with E-state index in [1.165, 1.54) is 90.5 Å². The minimum Gasteiger partial charge on any atom is -0.311 e. The molecule has 60 heavy (non-hydrogen) atoms. The van der Waals surface area contributed by atoms with Crippen LogP contribution in [-0.2, 0) is 10.8 Å². The van der Waals surface area contributed by atoms with E-state index in [4.69, 9.17) is 0 Å². The first-order valence-electron chi connectivity index (χ1n) is 21.0. The van der Waals surface area contributed by atoms with Crippen LogP contribution >= 0.6 is 22.7 Å². The normalized spacial score (nSPS) is 14.2. The summed E-state index contributed by atoms with van der Waals surface area (Å²) in [5.41, 5.74) is 15.2. The van der Waals surface area contributed by atoms with E-state index < -0.39 is 0 Å². The van der Waals surface area contributed by atoms with Gasteiger partial charge in [0.1, 0.15) is 0 Å². The average Bonchev–Trinajstić information content (AvgIpc) is 3.82. The van der Waals surface area contributed by atoms with Gasteiger partial charge in [0.2, 0.25) is 6.71 Å². The topological polar surface area (TPSA) is 6.48 Å². The third-order valence-electron chi connectivity index (χ3n) is 13.2. The molecule has 0 spiro atoms. The standard InChI is InChI=1S/C55H43BN2S2/c1-54(2,3)34-24-26-37(27-25-34)58-47-33-52-42(40-21-13-15-23-50(40)60-52)31-46(47)56-45-30-41-39-20-12-14-22-49(39)59-51(41)32-43(45)55(4,5)44-28-38(29-48(58)53(44)56)57(35-16-8-6-9-17-35)36-18-10-7-11-19-36/h6-33H,1-5H3. The maximum absolute atomic E-state index is 2.60. The molecule has 288 valence electrons. The average molecular weight is 807 g/mol. The molecule has 0 atom stereocenters. The fourth-order valence-corrected chi connectivity index (χ4v) is 12.5. The summed E-state index contributed by atoms with van der Waals surface area (Å²) in [5, 5.41) is 5.37. The zero-order valence-electron chi connectivity index (χ0n) is 34.5. The molecule has 0 aliphatic carbocycles. The predicted molar refractivity (Wildman–Crippen MR) is 264 cm³/mol. The van der Waals surface area contributed by atoms with E-state index in [0.29, 0.717) is 0 Å². The molecule has 0 saturated heterocycles. The number of thiophene rings is 2. The van der Waals surface area contributed by atoms with E-state index in [0.717, 1.165) is 17.1 Å². The fourth-order valence-electron chi connectivity index (χ4n) is 10.3. The van der Waals surface area contributed by atoms with Gasteiger partial charge in [-0.2, -0.15) is 0 Å². The van der Waals surface area contributed by atoms with Gasteiger partial charge in [0, 0.05) is 69.1 Å². The summed E-state index contributed by atoms with van der Waals surface area (Å²) in [4.78, 5) is 5.04. The van der Waals surface area contributed by atoms with Gasteiger partial charge in [-0.1, -0.05) is 137 Å². The highest BCUT2D eigenvalue weighted by Crippen LogP contribution is 2.49. The van der Waals surface area contributed by atoms with Crippen LogP contribution in [0, 0.1) is 0 Å². The summed E-state index contributed by atoms with van der Waals surface area (Å²) in [5.74, 6) is 0. The Labute approximate surface area is 360 Å². The minimum absolute atomic E-state index is 0.0419. The van der Waals surface area contributed by atoms with Crippen LogP contribution in [-0.4, -0.2) is 6.71 Å². The molecular weight excluding hydrogens is 764 g/mol. The molecule has 2 aliphatic rings. The Kier molecular flexibility index (Phi) is 7.71. The summed E-state index contributed by atoms with van der Waals surface area (Å²) in [6, 6.07) is 64.2. The van der Waals surface area contributed by atoms with Crippen LogP contribution in [0.3, 0.4) is 0 Å². The van der Waals surface area contributed by atoms with Gasteiger partial charge >= 0.3 is 0 Å². The first-order valence-corrected chi connectivity index (χ1v) is 22.7. The third-order valence-corrected chi connectivity index (χ3v) is 15.5. The summed E-state index contributed by atoms with van der Waals surface area (Å²) in [6.07, 6.45) is 0. The highest BCUT2D eigenvalue weighted by atomic mass is 32.1. The molecule has 0 fully saturated rings. The van der Waals surface area contributed by atoms with Crippen LogP contribution in [0.4, 0.5) is 34.1 Å². The van der Waals surface area contributed by atoms with E-state index >= 15 is 0 Å². The first-order chi connectivity index (χ1) is 29.1. The second-order valence-corrected chi connectivity index (χ2v) is 20.3. The third kappa shape index (κ3) is 5.25. The molecule has 0 bridgehead atoms. The van der Waals surface area contributed by atoms with Crippen LogP contribution in [0.15, 0.2) is 170 Å². The van der Waals surface area contributed by atoms with E-state index in [1.54, 1.807) is 0 Å². The van der Waals surface area contributed by atoms with Crippen molar-refractivity contribution in [2.24, 2.45) is 0 Å². The van der Waals surface area contributed by atoms with Gasteiger partial charge in [0.25, 0.3) is 0 Å². The molecule has 0 unspecified atom stereocenters. The number of benzene rings is 8. The van der Waals surface area contributed by atoms with Crippen LogP contribution in [0.1, 0.15) is 51.3 Å². The molecule has 0 N–H and O–H groups in total. The lowest BCUT2D eigenvalue weighted by Gasteiger charge is -2.46. The maximum Gasteiger partial charge on any atom is 0.247 e. The second kappa shape index (κ2) is 12.9. The number of anilines is 6. The van der Waals surface area contributed by atoms with Crippen LogP contribution < -0.4 is 26.2 Å². The van der Waals surface area contributed by atoms with Gasteiger partial charge in [-0.15, -0.1) is 22.7 Å². The quantitative estimate of drug-likeness (QED) is 0.164. The predicted octanol–water partition coefficient (Wildman–Crippen LogP) is 14.1. The summed E-state index contributed by atoms with van der Waals surface area (Å²) >= 11 is 3.82. The molecule has 0 radical (unpaired) electrons. The Balaban J connectivity index is 1.22. The number of fused-ring (bicyclic) bond motifs is 10. The highest BCUT2D eigenvalue weighted by molar-refractivity contribution is 7.26. The maximum atomic E-state index is 2.60. The van der Waals surface area contributed by atoms with Crippen molar-refractivity contribution in [1.82, 2.24) is 0 Å². The van der Waals surface area contributed by atoms with Crippen molar-refractivity contribution in [2.45, 2.75) is 45.4 Å². The molecule has 4 heterocycles. The van der Waals surface area contributed by atoms with Crippen molar-refractivity contribution >= 4 is 120 Å². The van der Waals surface area contributed by atoms with Crippen LogP contribution in [0.5, 0.6) is 0 Å². The highest BCUT2D eigenvalue weighted by Gasteiger charge is 2.47. The van der Waals surface area contributed by atoms with Gasteiger partial charge in [-0.05, 0) is 117 Å². The first kappa shape index (κ1) is 35.8. The van der Waals surface area contributed by atoms with Crippen molar-refractivity contribution in [3.05, 3.63) is 187 Å². The van der Waals surface area contributed by atoms with Crippen molar-refractivity contribution in [3.8, 4) is 0 Å². The van der Waals surface area contributed by atoms with Gasteiger partial charge in [-0.25, -0.2) is 0 Å². The van der Waals surface area contributed by atoms with Crippen molar-refractivity contribution in [2.75, 3.05) is 9.80 Å². The van der Waals surface area contributed by atoms with E-state index in [-0.39, 0.29) is 17.5 Å². The number of para-hydroxylation sites is 2. The number of nitrogens with zero attached hydrogens (tertiary/aromatic N) is 2. The Hall–Kier alpha value is -6.14. The molecular formula is C55H43BN2S2. The van der Waals surface area contributed by atoms with E-state index in [9.17, 15) is 0 Å². The van der Waals surface area contributed by atoms with Gasteiger partial charge in [-0.3, -0.25) is 0 Å². The molecule has 2 aliphatic heterocycles. The molecule has 0 amide bonds. The van der Waals surface area contributed by atoms with Gasteiger partial charge in [0.05, 0.1) is 0 Å². The Morgan fingerprint density at radius 2 is 1.03 bits per heavy atom. The van der Waals surface area contributed by atoms with Crippen molar-refractivity contribution in [3.63, 3.8) is 0 Å². The summed E-state index contributed by atoms with van der Waals surface area (Å²) in [6.45, 7) is 11.9. The Morgan fingerprint density at radius 3 is 1.63 bits per heavy atom. The van der Waals surface area contributed by atoms with E-state index in [2.05, 4.69) is 214 Å². The largest absolute Gasteiger partial charge is 0.311 e. The number of rotatable bonds is 4. The SMILES string of the molecule is CC(C)(C)c1ccc(N2c3cc4sc5ccccc5c4cc3B3c4cc5c(cc4C(C)(C)c4cc(N(c6ccccc6)c6ccccc6)cc2c43)sc2ccccc25)cc1. The number of hydrogen-bond acceptors (Lipinski definition) is 4. The fraction of sp³-hybridized carbons (Fsp3) is 0.127. The lowest BCUT2D eigenvalue weighted by molar-refractivity contribution is 0.590. The van der Waals surface area contributed by atoms with Gasteiger partial charge < -0.3 is 9.80 Å². The monoisotopic (exact) mass is 806 g/mol. The molecule has 12 rings (SSSR count). The zero-order valence-corrected chi connectivity index (χ0v) is 36.1. The van der Waals surface area contributed by atoms with Gasteiger partial charge in [0.15, 0.2) is 0 Å². The minimum atomic E-state index is -0.298. The lowest BCUT2D eigenvalue weighted by Crippen LogP contribution is -2.64. The number of hydrogen-bond donors (Lipinski definition) is 0. The lowest BCUT2D eigenvalue weighted by atomic mass is 9.30. The Bertz CT molecular complexity index is 3300. The molecule has 10 aromatic rings. The smallest absolute Gasteiger partial charge is 0.247 e. The van der Waals surface area contributed by atoms with Crippen LogP contribution in [0.25, 0.3) is 40.3 Å². The summed E-state index contributed by atoms with van der Waals surface area (Å²) < 4.78 is 5.34. The van der Waals surface area contributed by atoms with Crippen molar-refractivity contribution < 1.29 is 0 Å². The van der Waals surface area contributed by atoms with Crippen molar-refractivity contribution in [1.29, 1.82) is 0 Å². The molecule has 8 aromatic carbocycles. The zero-order chi connectivity index (χ0) is 40.5. The molecule has 2 nitrogen and oxygen atoms in total. The second-order valence-electron chi connectivity index (χ2n) is 18.2. The van der Waals surface area contributed by atoms with Crippen LogP contribution in [0.2, 0.25) is 0 Å². The Morgan fingerprint density at radius 1 is 0.483 bits per heavy atom. The molecule has 5 heteroatoms. The summed E-state index contributed by atoms with van der Waals surface area (Å²) in [7, 11) is 0.